The maximum atomic E-state index is 12.3. The molecule has 1 aliphatic rings. The number of ether oxygens (including phenoxy) is 2. The number of amides is 1. The van der Waals surface area contributed by atoms with Crippen LogP contribution in [0.25, 0.3) is 11.1 Å². The van der Waals surface area contributed by atoms with E-state index in [0.29, 0.717) is 34.1 Å². The molecule has 1 amide bonds. The summed E-state index contributed by atoms with van der Waals surface area (Å²) >= 11 is 12.3. The first kappa shape index (κ1) is 20.8. The van der Waals surface area contributed by atoms with Crippen LogP contribution in [0.1, 0.15) is 19.3 Å². The Kier molecular flexibility index (Phi) is 7.05. The minimum atomic E-state index is -0.486. The highest BCUT2D eigenvalue weighted by Gasteiger charge is 2.21. The van der Waals surface area contributed by atoms with Gasteiger partial charge in [0.05, 0.1) is 19.4 Å². The summed E-state index contributed by atoms with van der Waals surface area (Å²) in [6.45, 7) is 1.49. The van der Waals surface area contributed by atoms with Gasteiger partial charge >= 0.3 is 6.09 Å². The van der Waals surface area contributed by atoms with Gasteiger partial charge in [0.2, 0.25) is 0 Å². The summed E-state index contributed by atoms with van der Waals surface area (Å²) in [5.41, 5.74) is 2.12. The number of anilines is 1. The molecular weight excluding hydrogens is 399 g/mol. The number of carbonyl (C=O) groups is 1. The topological polar surface area (TPSA) is 50.8 Å². The van der Waals surface area contributed by atoms with Crippen molar-refractivity contribution in [2.75, 3.05) is 32.6 Å². The number of likely N-dealkylation sites (tertiary alicyclic amines) is 1. The van der Waals surface area contributed by atoms with Crippen molar-refractivity contribution in [2.45, 2.75) is 25.3 Å². The third-order valence-electron chi connectivity index (χ3n) is 4.99. The van der Waals surface area contributed by atoms with E-state index in [1.54, 1.807) is 37.4 Å². The number of hydrogen-bond acceptors (Lipinski definition) is 4. The summed E-state index contributed by atoms with van der Waals surface area (Å²) in [5.74, 6) is 0.661. The molecular formula is C21H24Cl2N2O3. The quantitative estimate of drug-likeness (QED) is 0.648. The first-order valence-electron chi connectivity index (χ1n) is 9.25. The lowest BCUT2D eigenvalue weighted by molar-refractivity contribution is 0.147. The number of rotatable bonds is 6. The minimum Gasteiger partial charge on any atom is -0.497 e. The van der Waals surface area contributed by atoms with Crippen LogP contribution in [0.2, 0.25) is 10.0 Å². The molecule has 3 rings (SSSR count). The number of nitrogens with zero attached hydrogens (tertiary/aromatic N) is 1. The second-order valence-corrected chi connectivity index (χ2v) is 7.77. The maximum absolute atomic E-state index is 12.3. The molecule has 0 saturated carbocycles. The van der Waals surface area contributed by atoms with Crippen LogP contribution in [0.15, 0.2) is 36.4 Å². The average molecular weight is 423 g/mol. The first-order chi connectivity index (χ1) is 13.5. The van der Waals surface area contributed by atoms with Gasteiger partial charge in [0, 0.05) is 21.7 Å². The molecule has 1 aliphatic heterocycles. The van der Waals surface area contributed by atoms with E-state index in [2.05, 4.69) is 17.3 Å². The van der Waals surface area contributed by atoms with Gasteiger partial charge in [-0.05, 0) is 74.8 Å². The third kappa shape index (κ3) is 5.31. The van der Waals surface area contributed by atoms with E-state index in [-0.39, 0.29) is 0 Å². The van der Waals surface area contributed by atoms with Gasteiger partial charge in [-0.2, -0.15) is 0 Å². The molecule has 0 bridgehead atoms. The van der Waals surface area contributed by atoms with Crippen LogP contribution in [0.4, 0.5) is 10.5 Å². The van der Waals surface area contributed by atoms with Gasteiger partial charge in [0.15, 0.2) is 0 Å². The van der Waals surface area contributed by atoms with Crippen LogP contribution in [0.5, 0.6) is 5.75 Å². The SMILES string of the molecule is COc1ccc(NC(=O)OCCC2CCCN2C)c(-c2cc(Cl)cc(Cl)c2)c1. The van der Waals surface area contributed by atoms with Crippen LogP contribution < -0.4 is 10.1 Å². The highest BCUT2D eigenvalue weighted by atomic mass is 35.5. The third-order valence-corrected chi connectivity index (χ3v) is 5.43. The number of hydrogen-bond donors (Lipinski definition) is 1. The predicted octanol–water partition coefficient (Wildman–Crippen LogP) is 5.70. The molecule has 1 N–H and O–H groups in total. The van der Waals surface area contributed by atoms with E-state index < -0.39 is 6.09 Å². The normalized spacial score (nSPS) is 16.8. The summed E-state index contributed by atoms with van der Waals surface area (Å²) in [6, 6.07) is 11.1. The molecule has 0 aromatic heterocycles. The van der Waals surface area contributed by atoms with E-state index in [1.165, 1.54) is 6.42 Å². The Balaban J connectivity index is 1.71. The van der Waals surface area contributed by atoms with Gasteiger partial charge in [-0.1, -0.05) is 23.2 Å². The molecule has 1 heterocycles. The minimum absolute atomic E-state index is 0.384. The van der Waals surface area contributed by atoms with Gasteiger partial charge in [-0.15, -0.1) is 0 Å². The van der Waals surface area contributed by atoms with Gasteiger partial charge in [-0.25, -0.2) is 4.79 Å². The Morgan fingerprint density at radius 3 is 2.61 bits per heavy atom. The molecule has 1 atom stereocenters. The average Bonchev–Trinajstić information content (AvgIpc) is 3.06. The predicted molar refractivity (Wildman–Crippen MR) is 114 cm³/mol. The second-order valence-electron chi connectivity index (χ2n) is 6.90. The van der Waals surface area contributed by atoms with Crippen molar-refractivity contribution in [1.29, 1.82) is 0 Å². The fourth-order valence-electron chi connectivity index (χ4n) is 3.49. The summed E-state index contributed by atoms with van der Waals surface area (Å²) in [4.78, 5) is 14.6. The van der Waals surface area contributed by atoms with Gasteiger partial charge < -0.3 is 14.4 Å². The summed E-state index contributed by atoms with van der Waals surface area (Å²) in [5, 5.41) is 3.85. The molecule has 1 saturated heterocycles. The maximum Gasteiger partial charge on any atom is 0.411 e. The van der Waals surface area contributed by atoms with E-state index in [4.69, 9.17) is 32.7 Å². The fourth-order valence-corrected chi connectivity index (χ4v) is 4.01. The van der Waals surface area contributed by atoms with Gasteiger partial charge in [0.25, 0.3) is 0 Å². The Morgan fingerprint density at radius 2 is 1.96 bits per heavy atom. The molecule has 28 heavy (non-hydrogen) atoms. The van der Waals surface area contributed by atoms with E-state index >= 15 is 0 Å². The molecule has 1 fully saturated rings. The fraction of sp³-hybridized carbons (Fsp3) is 0.381. The van der Waals surface area contributed by atoms with Crippen LogP contribution in [0, 0.1) is 0 Å². The van der Waals surface area contributed by atoms with Crippen molar-refractivity contribution in [3.05, 3.63) is 46.4 Å². The lowest BCUT2D eigenvalue weighted by Crippen LogP contribution is -2.27. The summed E-state index contributed by atoms with van der Waals surface area (Å²) in [6.07, 6.45) is 2.70. The van der Waals surface area contributed by atoms with E-state index in [0.717, 1.165) is 30.5 Å². The van der Waals surface area contributed by atoms with Crippen molar-refractivity contribution in [1.82, 2.24) is 4.90 Å². The summed E-state index contributed by atoms with van der Waals surface area (Å²) in [7, 11) is 3.70. The Bertz CT molecular complexity index is 824. The zero-order valence-electron chi connectivity index (χ0n) is 16.0. The summed E-state index contributed by atoms with van der Waals surface area (Å²) < 4.78 is 10.7. The molecule has 2 aromatic rings. The monoisotopic (exact) mass is 422 g/mol. The van der Waals surface area contributed by atoms with Crippen molar-refractivity contribution in [2.24, 2.45) is 0 Å². The molecule has 0 spiro atoms. The Morgan fingerprint density at radius 1 is 1.21 bits per heavy atom. The Hall–Kier alpha value is -1.95. The highest BCUT2D eigenvalue weighted by molar-refractivity contribution is 6.35. The van der Waals surface area contributed by atoms with Gasteiger partial charge in [-0.3, -0.25) is 5.32 Å². The van der Waals surface area contributed by atoms with Crippen LogP contribution in [-0.2, 0) is 4.74 Å². The smallest absolute Gasteiger partial charge is 0.411 e. The number of benzene rings is 2. The zero-order chi connectivity index (χ0) is 20.1. The van der Waals surface area contributed by atoms with Crippen LogP contribution >= 0.6 is 23.2 Å². The standard InChI is InChI=1S/C21H24Cl2N2O3/c1-25-8-3-4-17(25)7-9-28-21(26)24-20-6-5-18(27-2)13-19(20)14-10-15(22)12-16(23)11-14/h5-6,10-13,17H,3-4,7-9H2,1-2H3,(H,24,26). The lowest BCUT2D eigenvalue weighted by atomic mass is 10.0. The highest BCUT2D eigenvalue weighted by Crippen LogP contribution is 2.35. The van der Waals surface area contributed by atoms with E-state index in [1.807, 2.05) is 6.07 Å². The molecule has 1 unspecified atom stereocenters. The molecule has 0 aliphatic carbocycles. The molecule has 2 aromatic carbocycles. The Labute approximate surface area is 175 Å². The van der Waals surface area contributed by atoms with E-state index in [9.17, 15) is 4.79 Å². The van der Waals surface area contributed by atoms with Crippen molar-refractivity contribution in [3.8, 4) is 16.9 Å². The largest absolute Gasteiger partial charge is 0.497 e. The molecule has 7 heteroatoms. The lowest BCUT2D eigenvalue weighted by Gasteiger charge is -2.19. The number of methoxy groups -OCH3 is 1. The van der Waals surface area contributed by atoms with Crippen molar-refractivity contribution >= 4 is 35.0 Å². The number of carbonyl (C=O) groups excluding carboxylic acids is 1. The van der Waals surface area contributed by atoms with Gasteiger partial charge in [0.1, 0.15) is 5.75 Å². The van der Waals surface area contributed by atoms with Crippen LogP contribution in [0.3, 0.4) is 0 Å². The number of nitrogens with one attached hydrogen (secondary N) is 1. The van der Waals surface area contributed by atoms with Crippen molar-refractivity contribution < 1.29 is 14.3 Å². The second kappa shape index (κ2) is 9.50. The zero-order valence-corrected chi connectivity index (χ0v) is 17.5. The first-order valence-corrected chi connectivity index (χ1v) is 10.0. The van der Waals surface area contributed by atoms with Crippen molar-refractivity contribution in [3.63, 3.8) is 0 Å². The molecule has 150 valence electrons. The number of halogens is 2. The van der Waals surface area contributed by atoms with Crippen LogP contribution in [-0.4, -0.2) is 44.3 Å². The molecule has 5 nitrogen and oxygen atoms in total. The molecule has 0 radical (unpaired) electrons.